The van der Waals surface area contributed by atoms with Gasteiger partial charge in [-0.2, -0.15) is 35.1 Å². The average molecular weight is 308 g/mol. The molecule has 0 saturated heterocycles. The fourth-order valence-electron chi connectivity index (χ4n) is 0.543. The van der Waals surface area contributed by atoms with E-state index < -0.39 is 37.0 Å². The van der Waals surface area contributed by atoms with Gasteiger partial charge in [-0.25, -0.2) is 14.3 Å². The molecule has 0 heterocycles. The van der Waals surface area contributed by atoms with Gasteiger partial charge in [0.25, 0.3) is 0 Å². The van der Waals surface area contributed by atoms with Gasteiger partial charge < -0.3 is 10.2 Å². The summed E-state index contributed by atoms with van der Waals surface area (Å²) >= 11 is 0. The van der Waals surface area contributed by atoms with Gasteiger partial charge in [-0.15, -0.1) is 0 Å². The number of carboxylic acid groups (broad SMARTS) is 1. The zero-order valence-corrected chi connectivity index (χ0v) is 8.35. The summed E-state index contributed by atoms with van der Waals surface area (Å²) < 4.78 is 103. The van der Waals surface area contributed by atoms with Crippen LogP contribution in [0.1, 0.15) is 0 Å². The molecule has 0 saturated carbocycles. The Bertz CT molecular complexity index is 343. The van der Waals surface area contributed by atoms with Gasteiger partial charge in [0.05, 0.1) is 0 Å². The Morgan fingerprint density at radius 3 is 1.58 bits per heavy atom. The molecule has 114 valence electrons. The number of carbonyl (C=O) groups is 1. The molecule has 0 bridgehead atoms. The summed E-state index contributed by atoms with van der Waals surface area (Å²) in [6.07, 6.45) is -23.7. The van der Waals surface area contributed by atoms with E-state index in [1.807, 2.05) is 4.74 Å². The maximum atomic E-state index is 12.5. The third-order valence-electron chi connectivity index (χ3n) is 1.31. The molecule has 0 aromatic carbocycles. The maximum absolute atomic E-state index is 12.5. The van der Waals surface area contributed by atoms with Crippen LogP contribution >= 0.6 is 0 Å². The highest BCUT2D eigenvalue weighted by molar-refractivity contribution is 5.73. The van der Waals surface area contributed by atoms with Crippen LogP contribution < -0.4 is 0 Å². The van der Waals surface area contributed by atoms with Crippen molar-refractivity contribution in [2.45, 2.75) is 24.4 Å². The van der Waals surface area contributed by atoms with E-state index in [1.165, 1.54) is 0 Å². The van der Waals surface area contributed by atoms with Crippen molar-refractivity contribution >= 4 is 5.97 Å². The second kappa shape index (κ2) is 5.05. The van der Waals surface area contributed by atoms with Gasteiger partial charge in [0.2, 0.25) is 0 Å². The van der Waals surface area contributed by atoms with Crippen LogP contribution in [-0.4, -0.2) is 47.2 Å². The molecule has 0 aromatic rings. The molecule has 0 aliphatic heterocycles. The quantitative estimate of drug-likeness (QED) is 0.697. The molecule has 0 unspecified atom stereocenters. The highest BCUT2D eigenvalue weighted by Crippen LogP contribution is 2.43. The van der Waals surface area contributed by atoms with Crippen LogP contribution in [0.5, 0.6) is 0 Å². The van der Waals surface area contributed by atoms with Crippen LogP contribution in [-0.2, 0) is 14.3 Å². The van der Waals surface area contributed by atoms with Crippen molar-refractivity contribution in [2.24, 2.45) is 0 Å². The standard InChI is InChI=1S/C6H4F8O5/c7-3(8,1-15)18-5(11,12)6(13,14)19-4(9,10)2(16)17/h15H,1H2,(H,16,17). The van der Waals surface area contributed by atoms with Crippen molar-refractivity contribution in [2.75, 3.05) is 6.61 Å². The molecule has 0 radical (unpaired) electrons. The first-order chi connectivity index (χ1) is 8.17. The number of halogens is 8. The predicted octanol–water partition coefficient (Wildman–Crippen LogP) is 1.47. The molecule has 0 amide bonds. The molecule has 0 fully saturated rings. The molecule has 13 heteroatoms. The largest absolute Gasteiger partial charge is 0.475 e. The first kappa shape index (κ1) is 17.8. The molecule has 5 nitrogen and oxygen atoms in total. The molecule has 0 aliphatic carbocycles. The average Bonchev–Trinajstić information content (AvgIpc) is 2.13. The van der Waals surface area contributed by atoms with Gasteiger partial charge >= 0.3 is 30.4 Å². The van der Waals surface area contributed by atoms with Crippen LogP contribution in [0.15, 0.2) is 0 Å². The molecular weight excluding hydrogens is 304 g/mol. The lowest BCUT2D eigenvalue weighted by molar-refractivity contribution is -0.509. The maximum Gasteiger partial charge on any atom is 0.460 e. The Hall–Kier alpha value is -1.21. The first-order valence-electron chi connectivity index (χ1n) is 3.93. The predicted molar refractivity (Wildman–Crippen MR) is 36.7 cm³/mol. The fourth-order valence-corrected chi connectivity index (χ4v) is 0.543. The van der Waals surface area contributed by atoms with E-state index in [-0.39, 0.29) is 0 Å². The lowest BCUT2D eigenvalue weighted by atomic mass is 10.5. The van der Waals surface area contributed by atoms with Crippen molar-refractivity contribution in [1.82, 2.24) is 0 Å². The Morgan fingerprint density at radius 1 is 0.895 bits per heavy atom. The number of aliphatic hydroxyl groups excluding tert-OH is 1. The molecule has 0 rings (SSSR count). The normalized spacial score (nSPS) is 14.6. The third kappa shape index (κ3) is 4.43. The summed E-state index contributed by atoms with van der Waals surface area (Å²) in [5, 5.41) is 15.5. The fraction of sp³-hybridized carbons (Fsp3) is 0.833. The van der Waals surface area contributed by atoms with Crippen molar-refractivity contribution in [3.63, 3.8) is 0 Å². The molecule has 0 atom stereocenters. The van der Waals surface area contributed by atoms with Crippen LogP contribution in [0, 0.1) is 0 Å². The van der Waals surface area contributed by atoms with Crippen LogP contribution in [0.25, 0.3) is 0 Å². The second-order valence-electron chi connectivity index (χ2n) is 2.86. The van der Waals surface area contributed by atoms with Crippen molar-refractivity contribution < 1.29 is 59.6 Å². The molecular formula is C6H4F8O5. The van der Waals surface area contributed by atoms with E-state index in [9.17, 15) is 39.9 Å². The summed E-state index contributed by atoms with van der Waals surface area (Å²) in [5.41, 5.74) is 0. The number of ether oxygens (including phenoxy) is 2. The summed E-state index contributed by atoms with van der Waals surface area (Å²) in [5.74, 6) is -3.36. The van der Waals surface area contributed by atoms with E-state index in [0.717, 1.165) is 0 Å². The molecule has 19 heavy (non-hydrogen) atoms. The topological polar surface area (TPSA) is 76.0 Å². The van der Waals surface area contributed by atoms with Crippen molar-refractivity contribution in [3.8, 4) is 0 Å². The highest BCUT2D eigenvalue weighted by atomic mass is 19.3. The number of alkyl halides is 8. The number of rotatable bonds is 7. The van der Waals surface area contributed by atoms with Crippen LogP contribution in [0.2, 0.25) is 0 Å². The van der Waals surface area contributed by atoms with Gasteiger partial charge in [-0.05, 0) is 0 Å². The third-order valence-corrected chi connectivity index (χ3v) is 1.31. The minimum Gasteiger partial charge on any atom is -0.475 e. The first-order valence-corrected chi connectivity index (χ1v) is 3.93. The summed E-state index contributed by atoms with van der Waals surface area (Å²) in [7, 11) is 0. The Labute approximate surface area is 97.9 Å². The Balaban J connectivity index is 5.13. The van der Waals surface area contributed by atoms with Gasteiger partial charge in [-0.3, -0.25) is 0 Å². The second-order valence-corrected chi connectivity index (χ2v) is 2.86. The van der Waals surface area contributed by atoms with E-state index in [0.29, 0.717) is 0 Å². The van der Waals surface area contributed by atoms with Gasteiger partial charge in [0, 0.05) is 0 Å². The number of aliphatic hydroxyl groups is 1. The lowest BCUT2D eigenvalue weighted by Gasteiger charge is -2.29. The highest BCUT2D eigenvalue weighted by Gasteiger charge is 2.68. The zero-order chi connectivity index (χ0) is 15.7. The van der Waals surface area contributed by atoms with Gasteiger partial charge in [0.1, 0.15) is 6.61 Å². The minimum absolute atomic E-state index is 1.99. The molecule has 0 aliphatic rings. The van der Waals surface area contributed by atoms with Gasteiger partial charge in [0.15, 0.2) is 0 Å². The van der Waals surface area contributed by atoms with Crippen LogP contribution in [0.4, 0.5) is 35.1 Å². The van der Waals surface area contributed by atoms with Crippen molar-refractivity contribution in [3.05, 3.63) is 0 Å². The summed E-state index contributed by atoms with van der Waals surface area (Å²) in [6, 6.07) is 0. The number of hydrogen-bond donors (Lipinski definition) is 2. The monoisotopic (exact) mass is 308 g/mol. The van der Waals surface area contributed by atoms with E-state index in [4.69, 9.17) is 10.2 Å². The minimum atomic E-state index is -6.41. The van der Waals surface area contributed by atoms with E-state index in [2.05, 4.69) is 4.74 Å². The zero-order valence-electron chi connectivity index (χ0n) is 8.35. The number of aliphatic carboxylic acids is 1. The SMILES string of the molecule is O=C(O)C(F)(F)OC(F)(F)C(F)(F)OC(F)(F)CO. The summed E-state index contributed by atoms with van der Waals surface area (Å²) in [4.78, 5) is 9.68. The van der Waals surface area contributed by atoms with Crippen LogP contribution in [0.3, 0.4) is 0 Å². The van der Waals surface area contributed by atoms with E-state index >= 15 is 0 Å². The Kier molecular flexibility index (Phi) is 4.73. The number of hydrogen-bond acceptors (Lipinski definition) is 4. The van der Waals surface area contributed by atoms with E-state index in [1.54, 1.807) is 0 Å². The molecule has 2 N–H and O–H groups in total. The molecule has 0 aromatic heterocycles. The lowest BCUT2D eigenvalue weighted by Crippen LogP contribution is -2.53. The van der Waals surface area contributed by atoms with Crippen molar-refractivity contribution in [1.29, 1.82) is 0 Å². The smallest absolute Gasteiger partial charge is 0.460 e. The number of carboxylic acids is 1. The Morgan fingerprint density at radius 2 is 1.26 bits per heavy atom. The summed E-state index contributed by atoms with van der Waals surface area (Å²) in [6.45, 7) is -2.46. The van der Waals surface area contributed by atoms with Gasteiger partial charge in [-0.1, -0.05) is 0 Å². The molecule has 0 spiro atoms.